The van der Waals surface area contributed by atoms with E-state index in [2.05, 4.69) is 11.9 Å². The molecule has 0 N–H and O–H groups in total. The minimum absolute atomic E-state index is 0.0278. The molecule has 5 nitrogen and oxygen atoms in total. The van der Waals surface area contributed by atoms with Gasteiger partial charge in [0.15, 0.2) is 11.6 Å². The van der Waals surface area contributed by atoms with Crippen molar-refractivity contribution in [2.75, 3.05) is 27.2 Å². The van der Waals surface area contributed by atoms with E-state index in [4.69, 9.17) is 9.47 Å². The van der Waals surface area contributed by atoms with Gasteiger partial charge in [-0.05, 0) is 70.6 Å². The average molecular weight is 447 g/mol. The Bertz CT molecular complexity index is 910. The number of methoxy groups -OCH3 is 1. The Morgan fingerprint density at radius 3 is 2.34 bits per heavy atom. The number of piperidine rings is 1. The summed E-state index contributed by atoms with van der Waals surface area (Å²) >= 11 is 0. The van der Waals surface area contributed by atoms with Crippen LogP contribution >= 0.6 is 0 Å². The SMILES string of the molecule is COc1cc(F)c(F)cc1CN(C(=O)Cc1ccc(OC(C)C)cc1)C1CCN(C)CC1. The third kappa shape index (κ3) is 6.19. The summed E-state index contributed by atoms with van der Waals surface area (Å²) in [4.78, 5) is 17.4. The highest BCUT2D eigenvalue weighted by Gasteiger charge is 2.28. The van der Waals surface area contributed by atoms with E-state index in [9.17, 15) is 13.6 Å². The first-order chi connectivity index (χ1) is 15.3. The second-order valence-corrected chi connectivity index (χ2v) is 8.62. The van der Waals surface area contributed by atoms with Crippen LogP contribution < -0.4 is 9.47 Å². The van der Waals surface area contributed by atoms with Crippen LogP contribution in [0, 0.1) is 11.6 Å². The summed E-state index contributed by atoms with van der Waals surface area (Å²) in [5.41, 5.74) is 1.33. The highest BCUT2D eigenvalue weighted by Crippen LogP contribution is 2.27. The molecule has 1 aliphatic rings. The number of amides is 1. The fourth-order valence-electron chi connectivity index (χ4n) is 4.03. The molecule has 0 aromatic heterocycles. The zero-order valence-electron chi connectivity index (χ0n) is 19.2. The summed E-state index contributed by atoms with van der Waals surface area (Å²) in [6.07, 6.45) is 1.96. The molecular weight excluding hydrogens is 414 g/mol. The maximum atomic E-state index is 14.0. The van der Waals surface area contributed by atoms with Crippen molar-refractivity contribution in [1.29, 1.82) is 0 Å². The van der Waals surface area contributed by atoms with Crippen molar-refractivity contribution in [2.24, 2.45) is 0 Å². The first-order valence-corrected chi connectivity index (χ1v) is 11.0. The van der Waals surface area contributed by atoms with E-state index in [1.54, 1.807) is 4.90 Å². The number of hydrogen-bond donors (Lipinski definition) is 0. The molecule has 0 atom stereocenters. The number of hydrogen-bond acceptors (Lipinski definition) is 4. The Kier molecular flexibility index (Phi) is 8.07. The van der Waals surface area contributed by atoms with E-state index in [0.29, 0.717) is 5.56 Å². The summed E-state index contributed by atoms with van der Waals surface area (Å²) in [6, 6.07) is 9.69. The van der Waals surface area contributed by atoms with Crippen molar-refractivity contribution < 1.29 is 23.0 Å². The fraction of sp³-hybridized carbons (Fsp3) is 0.480. The number of halogens is 2. The Morgan fingerprint density at radius 1 is 1.12 bits per heavy atom. The van der Waals surface area contributed by atoms with Crippen LogP contribution in [0.5, 0.6) is 11.5 Å². The quantitative estimate of drug-likeness (QED) is 0.602. The van der Waals surface area contributed by atoms with Crippen LogP contribution in [0.15, 0.2) is 36.4 Å². The van der Waals surface area contributed by atoms with Crippen LogP contribution in [0.4, 0.5) is 8.78 Å². The van der Waals surface area contributed by atoms with Gasteiger partial charge in [-0.15, -0.1) is 0 Å². The largest absolute Gasteiger partial charge is 0.496 e. The molecule has 0 unspecified atom stereocenters. The summed E-state index contributed by atoms with van der Waals surface area (Å²) in [6.45, 7) is 5.85. The molecule has 1 heterocycles. The number of carbonyl (C=O) groups excluding carboxylic acids is 1. The van der Waals surface area contributed by atoms with Gasteiger partial charge in [-0.3, -0.25) is 4.79 Å². The number of rotatable bonds is 8. The van der Waals surface area contributed by atoms with Crippen molar-refractivity contribution in [3.63, 3.8) is 0 Å². The van der Waals surface area contributed by atoms with Gasteiger partial charge < -0.3 is 19.3 Å². The molecule has 32 heavy (non-hydrogen) atoms. The number of carbonyl (C=O) groups is 1. The standard InChI is InChI=1S/C25H32F2N2O3/c1-17(2)32-21-7-5-18(6-8-21)13-25(30)29(20-9-11-28(3)12-10-20)16-19-14-22(26)23(27)15-24(19)31-4/h5-8,14-15,17,20H,9-13,16H2,1-4H3. The highest BCUT2D eigenvalue weighted by molar-refractivity contribution is 5.79. The van der Waals surface area contributed by atoms with Gasteiger partial charge in [0.2, 0.25) is 5.91 Å². The van der Waals surface area contributed by atoms with E-state index >= 15 is 0 Å². The predicted molar refractivity (Wildman–Crippen MR) is 120 cm³/mol. The Labute approximate surface area is 188 Å². The fourth-order valence-corrected chi connectivity index (χ4v) is 4.03. The molecule has 1 aliphatic heterocycles. The van der Waals surface area contributed by atoms with Gasteiger partial charge >= 0.3 is 0 Å². The minimum atomic E-state index is -0.966. The first kappa shape index (κ1) is 24.0. The molecule has 1 fully saturated rings. The molecule has 3 rings (SSSR count). The Balaban J connectivity index is 1.81. The molecule has 0 radical (unpaired) electrons. The molecule has 0 aliphatic carbocycles. The van der Waals surface area contributed by atoms with Crippen LogP contribution in [0.2, 0.25) is 0 Å². The second kappa shape index (κ2) is 10.8. The zero-order valence-corrected chi connectivity index (χ0v) is 19.2. The molecule has 0 saturated carbocycles. The predicted octanol–water partition coefficient (Wildman–Crippen LogP) is 4.43. The van der Waals surface area contributed by atoms with Crippen molar-refractivity contribution in [3.05, 3.63) is 59.2 Å². The van der Waals surface area contributed by atoms with Gasteiger partial charge in [0.05, 0.1) is 19.6 Å². The number of ether oxygens (including phenoxy) is 2. The highest BCUT2D eigenvalue weighted by atomic mass is 19.2. The van der Waals surface area contributed by atoms with Gasteiger partial charge in [-0.2, -0.15) is 0 Å². The van der Waals surface area contributed by atoms with Gasteiger partial charge in [-0.1, -0.05) is 12.1 Å². The third-order valence-electron chi connectivity index (χ3n) is 5.76. The maximum Gasteiger partial charge on any atom is 0.227 e. The van der Waals surface area contributed by atoms with Crippen LogP contribution in [0.25, 0.3) is 0 Å². The molecule has 2 aromatic rings. The van der Waals surface area contributed by atoms with Crippen LogP contribution in [0.1, 0.15) is 37.8 Å². The zero-order chi connectivity index (χ0) is 23.3. The summed E-state index contributed by atoms with van der Waals surface area (Å²) in [5.74, 6) is -0.965. The maximum absolute atomic E-state index is 14.0. The van der Waals surface area contributed by atoms with Gasteiger partial charge in [-0.25, -0.2) is 8.78 Å². The Morgan fingerprint density at radius 2 is 1.75 bits per heavy atom. The van der Waals surface area contributed by atoms with E-state index in [1.807, 2.05) is 38.1 Å². The summed E-state index contributed by atoms with van der Waals surface area (Å²) in [5, 5.41) is 0. The average Bonchev–Trinajstić information content (AvgIpc) is 2.76. The number of likely N-dealkylation sites (tertiary alicyclic amines) is 1. The Hall–Kier alpha value is -2.67. The van der Waals surface area contributed by atoms with E-state index < -0.39 is 11.6 Å². The molecule has 1 saturated heterocycles. The lowest BCUT2D eigenvalue weighted by Crippen LogP contribution is -2.46. The van der Waals surface area contributed by atoms with Crippen LogP contribution in [-0.2, 0) is 17.8 Å². The van der Waals surface area contributed by atoms with E-state index in [-0.39, 0.29) is 36.8 Å². The molecule has 1 amide bonds. The van der Waals surface area contributed by atoms with E-state index in [0.717, 1.165) is 49.4 Å². The third-order valence-corrected chi connectivity index (χ3v) is 5.76. The molecule has 2 aromatic carbocycles. The lowest BCUT2D eigenvalue weighted by atomic mass is 10.0. The molecular formula is C25H32F2N2O3. The lowest BCUT2D eigenvalue weighted by molar-refractivity contribution is -0.134. The number of nitrogens with zero attached hydrogens (tertiary/aromatic N) is 2. The summed E-state index contributed by atoms with van der Waals surface area (Å²) in [7, 11) is 3.47. The smallest absolute Gasteiger partial charge is 0.227 e. The van der Waals surface area contributed by atoms with Crippen molar-refractivity contribution >= 4 is 5.91 Å². The van der Waals surface area contributed by atoms with Crippen molar-refractivity contribution in [1.82, 2.24) is 9.80 Å². The number of benzene rings is 2. The van der Waals surface area contributed by atoms with Crippen LogP contribution in [-0.4, -0.2) is 55.1 Å². The summed E-state index contributed by atoms with van der Waals surface area (Å²) < 4.78 is 38.6. The van der Waals surface area contributed by atoms with Gasteiger partial charge in [0, 0.05) is 24.2 Å². The van der Waals surface area contributed by atoms with E-state index in [1.165, 1.54) is 7.11 Å². The van der Waals surface area contributed by atoms with Gasteiger partial charge in [0.1, 0.15) is 11.5 Å². The molecule has 174 valence electrons. The molecule has 7 heteroatoms. The molecule has 0 bridgehead atoms. The lowest BCUT2D eigenvalue weighted by Gasteiger charge is -2.37. The van der Waals surface area contributed by atoms with Gasteiger partial charge in [0.25, 0.3) is 0 Å². The second-order valence-electron chi connectivity index (χ2n) is 8.62. The van der Waals surface area contributed by atoms with Crippen LogP contribution in [0.3, 0.4) is 0 Å². The first-order valence-electron chi connectivity index (χ1n) is 11.0. The van der Waals surface area contributed by atoms with Crippen molar-refractivity contribution in [3.8, 4) is 11.5 Å². The normalized spacial score (nSPS) is 15.1. The van der Waals surface area contributed by atoms with Crippen molar-refractivity contribution in [2.45, 2.75) is 51.8 Å². The topological polar surface area (TPSA) is 42.0 Å². The molecule has 0 spiro atoms. The monoisotopic (exact) mass is 446 g/mol. The minimum Gasteiger partial charge on any atom is -0.496 e.